The molecular weight excluding hydrogens is 434 g/mol. The Bertz CT molecular complexity index is 1190. The van der Waals surface area contributed by atoms with Crippen LogP contribution < -0.4 is 10.6 Å². The van der Waals surface area contributed by atoms with Crippen molar-refractivity contribution in [3.63, 3.8) is 0 Å². The van der Waals surface area contributed by atoms with E-state index < -0.39 is 23.5 Å². The Hall–Kier alpha value is -4.20. The Kier molecular flexibility index (Phi) is 6.32. The zero-order valence-corrected chi connectivity index (χ0v) is 18.9. The zero-order chi connectivity index (χ0) is 24.3. The number of rotatable bonds is 7. The minimum absolute atomic E-state index is 0.0783. The number of benzene rings is 2. The first kappa shape index (κ1) is 23.0. The van der Waals surface area contributed by atoms with Crippen molar-refractivity contribution in [1.82, 2.24) is 10.3 Å². The van der Waals surface area contributed by atoms with E-state index in [0.717, 1.165) is 22.3 Å². The van der Waals surface area contributed by atoms with Crippen molar-refractivity contribution >= 4 is 23.7 Å². The van der Waals surface area contributed by atoms with Crippen LogP contribution in [0.1, 0.15) is 36.6 Å². The van der Waals surface area contributed by atoms with Crippen molar-refractivity contribution in [3.8, 4) is 11.1 Å². The predicted octanol–water partition coefficient (Wildman–Crippen LogP) is 3.96. The highest BCUT2D eigenvalue weighted by Crippen LogP contribution is 2.44. The van der Waals surface area contributed by atoms with E-state index in [9.17, 15) is 14.4 Å². The van der Waals surface area contributed by atoms with Gasteiger partial charge in [-0.25, -0.2) is 4.79 Å². The third-order valence-corrected chi connectivity index (χ3v) is 5.74. The van der Waals surface area contributed by atoms with Gasteiger partial charge in [-0.05, 0) is 48.2 Å². The Morgan fingerprint density at radius 2 is 1.59 bits per heavy atom. The fraction of sp³-hybridized carbons (Fsp3) is 0.231. The molecule has 8 heteroatoms. The van der Waals surface area contributed by atoms with E-state index >= 15 is 0 Å². The lowest BCUT2D eigenvalue weighted by Gasteiger charge is -2.25. The van der Waals surface area contributed by atoms with Crippen LogP contribution in [0, 0.1) is 0 Å². The largest absolute Gasteiger partial charge is 0.481 e. The number of aromatic nitrogens is 1. The minimum Gasteiger partial charge on any atom is -0.481 e. The maximum Gasteiger partial charge on any atom is 0.408 e. The van der Waals surface area contributed by atoms with E-state index in [1.807, 2.05) is 36.4 Å². The van der Waals surface area contributed by atoms with Crippen molar-refractivity contribution < 1.29 is 24.2 Å². The van der Waals surface area contributed by atoms with E-state index in [-0.39, 0.29) is 18.9 Å². The predicted molar refractivity (Wildman–Crippen MR) is 126 cm³/mol. The number of nitrogens with one attached hydrogen (secondary N) is 2. The van der Waals surface area contributed by atoms with Gasteiger partial charge in [0.1, 0.15) is 12.1 Å². The number of pyridine rings is 1. The molecule has 2 amide bonds. The number of fused-ring (bicyclic) bond motifs is 3. The number of carboxylic acids is 1. The number of hydrogen-bond acceptors (Lipinski definition) is 5. The van der Waals surface area contributed by atoms with Gasteiger partial charge in [0.2, 0.25) is 5.91 Å². The molecule has 0 fully saturated rings. The number of anilines is 1. The third kappa shape index (κ3) is 4.91. The average molecular weight is 460 g/mol. The molecule has 0 unspecified atom stereocenters. The molecule has 3 N–H and O–H groups in total. The second kappa shape index (κ2) is 9.35. The highest BCUT2D eigenvalue weighted by molar-refractivity contribution is 5.99. The van der Waals surface area contributed by atoms with E-state index in [1.54, 1.807) is 19.9 Å². The van der Waals surface area contributed by atoms with Crippen molar-refractivity contribution in [1.29, 1.82) is 0 Å². The smallest absolute Gasteiger partial charge is 0.408 e. The highest BCUT2D eigenvalue weighted by atomic mass is 16.5. The molecule has 2 aromatic carbocycles. The Morgan fingerprint density at radius 3 is 2.15 bits per heavy atom. The molecular formula is C26H25N3O5. The second-order valence-corrected chi connectivity index (χ2v) is 8.64. The molecule has 0 spiro atoms. The molecule has 4 rings (SSSR count). The van der Waals surface area contributed by atoms with E-state index in [0.29, 0.717) is 11.4 Å². The van der Waals surface area contributed by atoms with Gasteiger partial charge in [0, 0.05) is 5.92 Å². The normalized spacial score (nSPS) is 12.4. The topological polar surface area (TPSA) is 118 Å². The number of carbonyl (C=O) groups is 3. The SMILES string of the molecule is CC(C)(NC(=O)OCC1c2ccccc2-c2ccccc21)C(=O)Nc1ccc(CC(=O)O)nc1. The molecule has 0 saturated carbocycles. The van der Waals surface area contributed by atoms with Gasteiger partial charge in [-0.3, -0.25) is 14.6 Å². The molecule has 0 saturated heterocycles. The van der Waals surface area contributed by atoms with Gasteiger partial charge in [-0.15, -0.1) is 0 Å². The quantitative estimate of drug-likeness (QED) is 0.492. The second-order valence-electron chi connectivity index (χ2n) is 8.64. The third-order valence-electron chi connectivity index (χ3n) is 5.74. The molecule has 34 heavy (non-hydrogen) atoms. The summed E-state index contributed by atoms with van der Waals surface area (Å²) in [4.78, 5) is 40.1. The number of nitrogens with zero attached hydrogens (tertiary/aromatic N) is 1. The first-order chi connectivity index (χ1) is 16.2. The molecule has 0 aliphatic heterocycles. The number of aliphatic carboxylic acids is 1. The summed E-state index contributed by atoms with van der Waals surface area (Å²) in [6.07, 6.45) is 0.472. The molecule has 1 aliphatic rings. The van der Waals surface area contributed by atoms with Gasteiger partial charge >= 0.3 is 12.1 Å². The molecule has 0 radical (unpaired) electrons. The van der Waals surface area contributed by atoms with Crippen LogP contribution in [-0.2, 0) is 20.7 Å². The summed E-state index contributed by atoms with van der Waals surface area (Å²) in [5, 5.41) is 14.1. The van der Waals surface area contributed by atoms with Gasteiger partial charge in [0.05, 0.1) is 24.0 Å². The first-order valence-electron chi connectivity index (χ1n) is 10.9. The van der Waals surface area contributed by atoms with Crippen molar-refractivity contribution in [2.75, 3.05) is 11.9 Å². The highest BCUT2D eigenvalue weighted by Gasteiger charge is 2.32. The Balaban J connectivity index is 1.36. The van der Waals surface area contributed by atoms with Crippen LogP contribution in [0.25, 0.3) is 11.1 Å². The molecule has 0 atom stereocenters. The molecule has 1 aliphatic carbocycles. The lowest BCUT2D eigenvalue weighted by Crippen LogP contribution is -2.52. The van der Waals surface area contributed by atoms with Gasteiger partial charge in [0.25, 0.3) is 0 Å². The summed E-state index contributed by atoms with van der Waals surface area (Å²) in [7, 11) is 0. The summed E-state index contributed by atoms with van der Waals surface area (Å²) >= 11 is 0. The molecule has 3 aromatic rings. The van der Waals surface area contributed by atoms with Crippen molar-refractivity contribution in [2.24, 2.45) is 0 Å². The van der Waals surface area contributed by atoms with Gasteiger partial charge in [0.15, 0.2) is 0 Å². The van der Waals surface area contributed by atoms with Gasteiger partial charge in [-0.2, -0.15) is 0 Å². The fourth-order valence-corrected chi connectivity index (χ4v) is 3.99. The van der Waals surface area contributed by atoms with E-state index in [1.165, 1.54) is 12.3 Å². The van der Waals surface area contributed by atoms with Crippen LogP contribution in [0.5, 0.6) is 0 Å². The molecule has 0 bridgehead atoms. The number of hydrogen-bond donors (Lipinski definition) is 3. The first-order valence-corrected chi connectivity index (χ1v) is 10.9. The molecule has 1 heterocycles. The Labute approximate surface area is 197 Å². The maximum absolute atomic E-state index is 12.7. The van der Waals surface area contributed by atoms with Crippen LogP contribution in [0.4, 0.5) is 10.5 Å². The van der Waals surface area contributed by atoms with Crippen molar-refractivity contribution in [2.45, 2.75) is 31.7 Å². The number of amides is 2. The number of alkyl carbamates (subject to hydrolysis) is 1. The fourth-order valence-electron chi connectivity index (χ4n) is 3.99. The van der Waals surface area contributed by atoms with Gasteiger partial charge < -0.3 is 20.5 Å². The monoisotopic (exact) mass is 459 g/mol. The lowest BCUT2D eigenvalue weighted by atomic mass is 9.98. The lowest BCUT2D eigenvalue weighted by molar-refractivity contribution is -0.136. The molecule has 174 valence electrons. The summed E-state index contributed by atoms with van der Waals surface area (Å²) in [5.74, 6) is -1.53. The average Bonchev–Trinajstić information content (AvgIpc) is 3.12. The van der Waals surface area contributed by atoms with Gasteiger partial charge in [-0.1, -0.05) is 48.5 Å². The van der Waals surface area contributed by atoms with E-state index in [4.69, 9.17) is 9.84 Å². The van der Waals surface area contributed by atoms with Crippen LogP contribution in [0.2, 0.25) is 0 Å². The molecule has 8 nitrogen and oxygen atoms in total. The summed E-state index contributed by atoms with van der Waals surface area (Å²) in [6, 6.07) is 19.2. The zero-order valence-electron chi connectivity index (χ0n) is 18.9. The number of carboxylic acid groups (broad SMARTS) is 1. The van der Waals surface area contributed by atoms with Crippen LogP contribution in [-0.4, -0.2) is 40.2 Å². The standard InChI is InChI=1S/C26H25N3O5/c1-26(2,24(32)28-17-12-11-16(27-14-17)13-23(30)31)29-25(33)34-15-22-20-9-5-3-7-18(20)19-8-4-6-10-21(19)22/h3-12,14,22H,13,15H2,1-2H3,(H,28,32)(H,29,33)(H,30,31). The van der Waals surface area contributed by atoms with Crippen LogP contribution in [0.15, 0.2) is 66.9 Å². The maximum atomic E-state index is 12.7. The number of carbonyl (C=O) groups excluding carboxylic acids is 2. The Morgan fingerprint density at radius 1 is 0.971 bits per heavy atom. The van der Waals surface area contributed by atoms with Crippen LogP contribution >= 0.6 is 0 Å². The molecule has 1 aromatic heterocycles. The van der Waals surface area contributed by atoms with Crippen molar-refractivity contribution in [3.05, 3.63) is 83.7 Å². The summed E-state index contributed by atoms with van der Waals surface area (Å²) in [6.45, 7) is 3.28. The van der Waals surface area contributed by atoms with E-state index in [2.05, 4.69) is 27.8 Å². The minimum atomic E-state index is -1.26. The number of ether oxygens (including phenoxy) is 1. The summed E-state index contributed by atoms with van der Waals surface area (Å²) < 4.78 is 5.53. The summed E-state index contributed by atoms with van der Waals surface area (Å²) in [5.41, 5.74) is 3.98. The van der Waals surface area contributed by atoms with Crippen LogP contribution in [0.3, 0.4) is 0 Å².